The molecule has 14 nitrogen and oxygen atoms in total. The zero-order valence-electron chi connectivity index (χ0n) is 35.0. The highest BCUT2D eigenvalue weighted by molar-refractivity contribution is 7.36. The van der Waals surface area contributed by atoms with E-state index >= 15 is 0 Å². The maximum absolute atomic E-state index is 14.6. The van der Waals surface area contributed by atoms with Crippen LogP contribution in [0, 0.1) is 68.6 Å². The summed E-state index contributed by atoms with van der Waals surface area (Å²) in [5.41, 5.74) is -3.00. The number of thiophene rings is 2. The number of benzene rings is 4. The van der Waals surface area contributed by atoms with Crippen molar-refractivity contribution < 1.29 is 46.2 Å². The van der Waals surface area contributed by atoms with Gasteiger partial charge in [0.15, 0.2) is 23.3 Å². The summed E-state index contributed by atoms with van der Waals surface area (Å²) < 4.78 is 73.2. The summed E-state index contributed by atoms with van der Waals surface area (Å²) in [7, 11) is 0. The highest BCUT2D eigenvalue weighted by atomic mass is 32.1. The fraction of sp³-hybridized carbons (Fsp3) is 0.0400. The van der Waals surface area contributed by atoms with E-state index in [1.54, 1.807) is 84.9 Å². The van der Waals surface area contributed by atoms with Gasteiger partial charge in [0, 0.05) is 45.5 Å². The molecule has 0 atom stereocenters. The number of hydrogen-bond acceptors (Lipinski definition) is 14. The van der Waals surface area contributed by atoms with Crippen molar-refractivity contribution in [1.82, 2.24) is 9.13 Å². The van der Waals surface area contributed by atoms with Crippen LogP contribution in [0.5, 0.6) is 0 Å². The van der Waals surface area contributed by atoms with E-state index in [4.69, 9.17) is 9.47 Å². The summed E-state index contributed by atoms with van der Waals surface area (Å²) in [4.78, 5) is 65.6. The van der Waals surface area contributed by atoms with E-state index in [1.807, 2.05) is 0 Å². The molecule has 0 N–H and O–H groups in total. The van der Waals surface area contributed by atoms with Crippen LogP contribution in [-0.2, 0) is 22.7 Å². The number of ether oxygens (including phenoxy) is 2. The van der Waals surface area contributed by atoms with Gasteiger partial charge in [-0.15, -0.1) is 22.7 Å². The Morgan fingerprint density at radius 3 is 1.21 bits per heavy atom. The molecule has 4 aromatic heterocycles. The van der Waals surface area contributed by atoms with Crippen molar-refractivity contribution in [1.29, 1.82) is 21.0 Å². The van der Waals surface area contributed by atoms with Crippen LogP contribution in [0.2, 0.25) is 0 Å². The molecule has 8 aromatic rings. The number of ketones is 2. The zero-order valence-corrected chi connectivity index (χ0v) is 36.6. The minimum Gasteiger partial charge on any atom is -0.444 e. The number of fused-ring (bicyclic) bond motifs is 7. The largest absolute Gasteiger partial charge is 0.444 e. The van der Waals surface area contributed by atoms with Crippen LogP contribution in [0.3, 0.4) is 0 Å². The smallest absolute Gasteiger partial charge is 0.420 e. The predicted octanol–water partition coefficient (Wildman–Crippen LogP) is 11.3. The van der Waals surface area contributed by atoms with E-state index in [0.717, 1.165) is 31.8 Å². The molecule has 4 aromatic carbocycles. The minimum atomic E-state index is -1.37. The van der Waals surface area contributed by atoms with Crippen LogP contribution < -0.4 is 0 Å². The third-order valence-corrected chi connectivity index (χ3v) is 13.6. The van der Waals surface area contributed by atoms with Crippen LogP contribution in [-0.4, -0.2) is 44.3 Å². The lowest BCUT2D eigenvalue weighted by atomic mass is 10.0. The minimum absolute atomic E-state index is 0.158. The second kappa shape index (κ2) is 17.2. The van der Waals surface area contributed by atoms with Crippen molar-refractivity contribution in [3.63, 3.8) is 0 Å². The molecule has 10 rings (SSSR count). The van der Waals surface area contributed by atoms with Gasteiger partial charge in [0.1, 0.15) is 71.7 Å². The molecular weight excluding hydrogens is 949 g/mol. The molecular formula is C50H20F4N8O6S2. The molecule has 70 heavy (non-hydrogen) atoms. The summed E-state index contributed by atoms with van der Waals surface area (Å²) >= 11 is 2.06. The van der Waals surface area contributed by atoms with Gasteiger partial charge in [0.25, 0.3) is 0 Å². The summed E-state index contributed by atoms with van der Waals surface area (Å²) in [5, 5.41) is 39.6. The maximum atomic E-state index is 14.6. The first-order chi connectivity index (χ1) is 33.8. The molecule has 2 aliphatic rings. The molecule has 4 heterocycles. The number of carbonyl (C=O) groups excluding carboxylic acids is 4. The van der Waals surface area contributed by atoms with Crippen molar-refractivity contribution in [3.8, 4) is 24.3 Å². The van der Waals surface area contributed by atoms with Gasteiger partial charge in [-0.25, -0.2) is 46.3 Å². The van der Waals surface area contributed by atoms with Crippen molar-refractivity contribution in [2.24, 2.45) is 9.98 Å². The SMILES string of the molecule is N#CC(C#N)=C1C(=Nc2cc3sc4c(sc5cc(N=C6C(=O)c7cc(F)c(F)cc7C6=C(C#N)C#N)n(C(=O)OCc6ccccc6)c54)c3n2C(=O)OCc2ccccc2)C(=O)c2cc(F)c(F)cc21. The average molecular weight is 969 g/mol. The number of Topliss-reactive ketones (excluding diaryl/α,β-unsaturated/α-hetero) is 2. The van der Waals surface area contributed by atoms with Crippen LogP contribution in [0.1, 0.15) is 43.0 Å². The van der Waals surface area contributed by atoms with Crippen molar-refractivity contribution in [3.05, 3.63) is 165 Å². The Morgan fingerprint density at radius 1 is 0.529 bits per heavy atom. The predicted molar refractivity (Wildman–Crippen MR) is 247 cm³/mol. The molecule has 0 saturated carbocycles. The van der Waals surface area contributed by atoms with E-state index in [1.165, 1.54) is 12.1 Å². The molecule has 0 amide bonds. The number of allylic oxidation sites excluding steroid dienone is 4. The van der Waals surface area contributed by atoms with Crippen LogP contribution in [0.15, 0.2) is 118 Å². The Morgan fingerprint density at radius 2 is 0.871 bits per heavy atom. The number of rotatable bonds is 6. The molecule has 0 radical (unpaired) electrons. The summed E-state index contributed by atoms with van der Waals surface area (Å²) in [5.74, 6) is -7.92. The third kappa shape index (κ3) is 7.12. The Labute approximate surface area is 397 Å². The lowest BCUT2D eigenvalue weighted by molar-refractivity contribution is 0.106. The first-order valence-corrected chi connectivity index (χ1v) is 21.9. The fourth-order valence-electron chi connectivity index (χ4n) is 8.10. The van der Waals surface area contributed by atoms with E-state index in [9.17, 15) is 57.8 Å². The van der Waals surface area contributed by atoms with Gasteiger partial charge in [-0.3, -0.25) is 9.59 Å². The first-order valence-electron chi connectivity index (χ1n) is 20.2. The fourth-order valence-corrected chi connectivity index (χ4v) is 10.8. The number of aliphatic imine (C=N–C) groups is 2. The van der Waals surface area contributed by atoms with E-state index in [2.05, 4.69) is 9.98 Å². The van der Waals surface area contributed by atoms with E-state index in [-0.39, 0.29) is 58.1 Å². The molecule has 0 bridgehead atoms. The molecule has 0 saturated heterocycles. The maximum Gasteiger partial charge on any atom is 0.420 e. The molecule has 2 aliphatic carbocycles. The lowest BCUT2D eigenvalue weighted by Gasteiger charge is -2.09. The first kappa shape index (κ1) is 44.2. The van der Waals surface area contributed by atoms with Crippen LogP contribution in [0.4, 0.5) is 38.8 Å². The molecule has 0 spiro atoms. The molecule has 0 unspecified atom stereocenters. The van der Waals surface area contributed by atoms with Gasteiger partial charge in [0.05, 0.1) is 29.8 Å². The van der Waals surface area contributed by atoms with Crippen LogP contribution in [0.25, 0.3) is 41.0 Å². The molecule has 0 aliphatic heterocycles. The molecule has 0 fully saturated rings. The quantitative estimate of drug-likeness (QED) is 0.113. The number of halogens is 4. The Balaban J connectivity index is 1.20. The number of hydrogen-bond donors (Lipinski definition) is 0. The van der Waals surface area contributed by atoms with Gasteiger partial charge in [-0.2, -0.15) is 21.0 Å². The number of aromatic nitrogens is 2. The Bertz CT molecular complexity index is 3730. The highest BCUT2D eigenvalue weighted by Gasteiger charge is 2.39. The van der Waals surface area contributed by atoms with Crippen molar-refractivity contribution >= 4 is 110 Å². The van der Waals surface area contributed by atoms with Crippen LogP contribution >= 0.6 is 22.7 Å². The second-order valence-electron chi connectivity index (χ2n) is 15.2. The van der Waals surface area contributed by atoms with Gasteiger partial charge in [-0.1, -0.05) is 60.7 Å². The summed E-state index contributed by atoms with van der Waals surface area (Å²) in [6.07, 6.45) is -2.03. The number of nitriles is 4. The molecule has 20 heteroatoms. The van der Waals surface area contributed by atoms with Crippen molar-refractivity contribution in [2.45, 2.75) is 13.2 Å². The van der Waals surface area contributed by atoms with E-state index < -0.39 is 80.7 Å². The monoisotopic (exact) mass is 968 g/mol. The zero-order chi connectivity index (χ0) is 49.1. The summed E-state index contributed by atoms with van der Waals surface area (Å²) in [6.45, 7) is -0.481. The lowest BCUT2D eigenvalue weighted by Crippen LogP contribution is -2.15. The van der Waals surface area contributed by atoms with Gasteiger partial charge in [0.2, 0.25) is 11.6 Å². The highest BCUT2D eigenvalue weighted by Crippen LogP contribution is 2.49. The van der Waals surface area contributed by atoms with Gasteiger partial charge in [-0.05, 0) is 35.4 Å². The number of carbonyl (C=O) groups is 4. The van der Waals surface area contributed by atoms with E-state index in [0.29, 0.717) is 54.2 Å². The molecule has 336 valence electrons. The normalized spacial score (nSPS) is 13.9. The second-order valence-corrected chi connectivity index (χ2v) is 17.3. The topological polar surface area (TPSA) is 216 Å². The van der Waals surface area contributed by atoms with Gasteiger partial charge >= 0.3 is 12.2 Å². The Kier molecular flexibility index (Phi) is 10.9. The Hall–Kier alpha value is -9.60. The number of nitrogens with zero attached hydrogens (tertiary/aromatic N) is 8. The third-order valence-electron chi connectivity index (χ3n) is 11.2. The van der Waals surface area contributed by atoms with Crippen molar-refractivity contribution in [2.75, 3.05) is 0 Å². The standard InChI is InChI=1S/C50H20F4N8O6S2/c51-31-11-27-29(13-33(31)53)45(63)41(39(27)25(17-55)18-56)59-37-15-35-43(61(37)49(65)67-21-23-7-3-1-4-8-23)47-48(69-35)44-36(70-47)16-38(62(44)50(66)68-22-24-9-5-2-6-10-24)60-42-40(26(19-57)20-58)28-12-32(52)34(54)14-30(28)46(42)64/h1-16H,21-22H2. The average Bonchev–Trinajstić information content (AvgIpc) is 4.18. The van der Waals surface area contributed by atoms with Gasteiger partial charge < -0.3 is 9.47 Å². The summed E-state index contributed by atoms with van der Waals surface area (Å²) in [6, 6.07) is 29.3.